The van der Waals surface area contributed by atoms with E-state index in [9.17, 15) is 9.18 Å². The molecule has 1 heterocycles. The van der Waals surface area contributed by atoms with Gasteiger partial charge in [-0.2, -0.15) is 0 Å². The van der Waals surface area contributed by atoms with Gasteiger partial charge in [-0.15, -0.1) is 12.4 Å². The minimum absolute atomic E-state index is 0. The molecule has 1 aromatic carbocycles. The third-order valence-electron chi connectivity index (χ3n) is 3.78. The fourth-order valence-electron chi connectivity index (χ4n) is 2.60. The summed E-state index contributed by atoms with van der Waals surface area (Å²) in [5.74, 6) is -0.226. The van der Waals surface area contributed by atoms with Crippen molar-refractivity contribution in [1.82, 2.24) is 10.2 Å². The van der Waals surface area contributed by atoms with Crippen molar-refractivity contribution in [2.45, 2.75) is 25.8 Å². The van der Waals surface area contributed by atoms with Gasteiger partial charge in [0.05, 0.1) is 0 Å². The van der Waals surface area contributed by atoms with Crippen LogP contribution in [0.1, 0.15) is 18.9 Å². The van der Waals surface area contributed by atoms with Crippen LogP contribution in [0.2, 0.25) is 0 Å². The SMILES string of the molecule is CC(Cc1cccc(F)c1)C(=O)N(C)C1CCNC1.Cl. The Kier molecular flexibility index (Phi) is 6.43. The Balaban J connectivity index is 0.00000200. The zero-order valence-electron chi connectivity index (χ0n) is 11.9. The van der Waals surface area contributed by atoms with Gasteiger partial charge in [-0.25, -0.2) is 4.39 Å². The number of nitrogens with zero attached hydrogens (tertiary/aromatic N) is 1. The number of benzene rings is 1. The van der Waals surface area contributed by atoms with Crippen LogP contribution >= 0.6 is 12.4 Å². The monoisotopic (exact) mass is 300 g/mol. The van der Waals surface area contributed by atoms with Gasteiger partial charge in [0.2, 0.25) is 5.91 Å². The zero-order valence-corrected chi connectivity index (χ0v) is 12.8. The van der Waals surface area contributed by atoms with Crippen LogP contribution in [0.3, 0.4) is 0 Å². The number of carbonyl (C=O) groups is 1. The minimum atomic E-state index is -0.245. The molecule has 1 aliphatic rings. The number of halogens is 2. The van der Waals surface area contributed by atoms with Crippen LogP contribution in [-0.2, 0) is 11.2 Å². The zero-order chi connectivity index (χ0) is 13.8. The molecule has 5 heteroatoms. The van der Waals surface area contributed by atoms with Gasteiger partial charge in [0.1, 0.15) is 5.82 Å². The second-order valence-corrected chi connectivity index (χ2v) is 5.33. The van der Waals surface area contributed by atoms with Gasteiger partial charge in [-0.3, -0.25) is 4.79 Å². The van der Waals surface area contributed by atoms with Gasteiger partial charge in [-0.05, 0) is 37.1 Å². The van der Waals surface area contributed by atoms with Crippen molar-refractivity contribution in [2.75, 3.05) is 20.1 Å². The van der Waals surface area contributed by atoms with E-state index >= 15 is 0 Å². The molecule has 0 saturated carbocycles. The summed E-state index contributed by atoms with van der Waals surface area (Å²) in [6, 6.07) is 6.77. The maximum absolute atomic E-state index is 13.1. The second kappa shape index (κ2) is 7.60. The molecular weight excluding hydrogens is 279 g/mol. The molecule has 1 N–H and O–H groups in total. The summed E-state index contributed by atoms with van der Waals surface area (Å²) in [6.07, 6.45) is 1.59. The number of likely N-dealkylation sites (N-methyl/N-ethyl adjacent to an activating group) is 1. The number of carbonyl (C=O) groups excluding carboxylic acids is 1. The van der Waals surface area contributed by atoms with E-state index in [2.05, 4.69) is 5.32 Å². The van der Waals surface area contributed by atoms with Crippen molar-refractivity contribution in [3.8, 4) is 0 Å². The third-order valence-corrected chi connectivity index (χ3v) is 3.78. The summed E-state index contributed by atoms with van der Waals surface area (Å²) >= 11 is 0. The van der Waals surface area contributed by atoms with Gasteiger partial charge in [-0.1, -0.05) is 19.1 Å². The Hall–Kier alpha value is -1.13. The number of nitrogens with one attached hydrogen (secondary N) is 1. The van der Waals surface area contributed by atoms with Crippen LogP contribution in [0.5, 0.6) is 0 Å². The van der Waals surface area contributed by atoms with E-state index in [1.165, 1.54) is 12.1 Å². The highest BCUT2D eigenvalue weighted by atomic mass is 35.5. The van der Waals surface area contributed by atoms with Crippen LogP contribution in [0.4, 0.5) is 4.39 Å². The third kappa shape index (κ3) is 4.18. The van der Waals surface area contributed by atoms with Gasteiger partial charge in [0.25, 0.3) is 0 Å². The molecule has 3 nitrogen and oxygen atoms in total. The lowest BCUT2D eigenvalue weighted by Gasteiger charge is -2.27. The lowest BCUT2D eigenvalue weighted by molar-refractivity contribution is -0.135. The molecule has 112 valence electrons. The summed E-state index contributed by atoms with van der Waals surface area (Å²) in [4.78, 5) is 14.2. The van der Waals surface area contributed by atoms with E-state index in [-0.39, 0.29) is 30.0 Å². The molecule has 1 fully saturated rings. The number of rotatable bonds is 4. The lowest BCUT2D eigenvalue weighted by atomic mass is 9.99. The first-order valence-corrected chi connectivity index (χ1v) is 6.79. The molecule has 1 aliphatic heterocycles. The highest BCUT2D eigenvalue weighted by Crippen LogP contribution is 2.15. The van der Waals surface area contributed by atoms with E-state index in [4.69, 9.17) is 0 Å². The quantitative estimate of drug-likeness (QED) is 0.925. The number of amides is 1. The van der Waals surface area contributed by atoms with Crippen LogP contribution in [0.25, 0.3) is 0 Å². The average molecular weight is 301 g/mol. The fourth-order valence-corrected chi connectivity index (χ4v) is 2.60. The summed E-state index contributed by atoms with van der Waals surface area (Å²) in [7, 11) is 1.86. The molecule has 1 amide bonds. The number of hydrogen-bond donors (Lipinski definition) is 1. The van der Waals surface area contributed by atoms with Gasteiger partial charge >= 0.3 is 0 Å². The van der Waals surface area contributed by atoms with Crippen LogP contribution in [0.15, 0.2) is 24.3 Å². The maximum atomic E-state index is 13.1. The summed E-state index contributed by atoms with van der Waals surface area (Å²) in [5, 5.41) is 3.26. The van der Waals surface area contributed by atoms with E-state index in [1.807, 2.05) is 24.9 Å². The first-order chi connectivity index (χ1) is 9.08. The predicted octanol–water partition coefficient (Wildman–Crippen LogP) is 2.25. The van der Waals surface area contributed by atoms with Crippen LogP contribution in [-0.4, -0.2) is 37.0 Å². The molecule has 0 aliphatic carbocycles. The van der Waals surface area contributed by atoms with E-state index in [0.717, 1.165) is 25.1 Å². The smallest absolute Gasteiger partial charge is 0.225 e. The molecule has 2 atom stereocenters. The first-order valence-electron chi connectivity index (χ1n) is 6.79. The number of hydrogen-bond acceptors (Lipinski definition) is 2. The topological polar surface area (TPSA) is 32.3 Å². The molecule has 0 radical (unpaired) electrons. The first kappa shape index (κ1) is 16.9. The Labute approximate surface area is 125 Å². The van der Waals surface area contributed by atoms with Crippen molar-refractivity contribution in [3.63, 3.8) is 0 Å². The summed E-state index contributed by atoms with van der Waals surface area (Å²) < 4.78 is 13.1. The largest absolute Gasteiger partial charge is 0.341 e. The molecular formula is C15H22ClFN2O. The van der Waals surface area contributed by atoms with Crippen molar-refractivity contribution in [3.05, 3.63) is 35.6 Å². The van der Waals surface area contributed by atoms with Gasteiger partial charge in [0.15, 0.2) is 0 Å². The van der Waals surface area contributed by atoms with Gasteiger partial charge < -0.3 is 10.2 Å². The van der Waals surface area contributed by atoms with Crippen LogP contribution < -0.4 is 5.32 Å². The van der Waals surface area contributed by atoms with E-state index in [1.54, 1.807) is 6.07 Å². The standard InChI is InChI=1S/C15H21FN2O.ClH/c1-11(8-12-4-3-5-13(16)9-12)15(19)18(2)14-6-7-17-10-14;/h3-5,9,11,14,17H,6-8,10H2,1-2H3;1H. The highest BCUT2D eigenvalue weighted by Gasteiger charge is 2.26. The molecule has 2 rings (SSSR count). The van der Waals surface area contributed by atoms with Gasteiger partial charge in [0, 0.05) is 25.6 Å². The summed E-state index contributed by atoms with van der Waals surface area (Å²) in [6.45, 7) is 3.75. The van der Waals surface area contributed by atoms with Crippen molar-refractivity contribution < 1.29 is 9.18 Å². The molecule has 0 spiro atoms. The molecule has 20 heavy (non-hydrogen) atoms. The molecule has 0 bridgehead atoms. The van der Waals surface area contributed by atoms with Crippen LogP contribution in [0, 0.1) is 11.7 Å². The summed E-state index contributed by atoms with van der Waals surface area (Å²) in [5.41, 5.74) is 0.874. The normalized spacial score (nSPS) is 19.2. The Morgan fingerprint density at radius 3 is 2.90 bits per heavy atom. The predicted molar refractivity (Wildman–Crippen MR) is 80.6 cm³/mol. The average Bonchev–Trinajstić information content (AvgIpc) is 2.90. The minimum Gasteiger partial charge on any atom is -0.341 e. The Morgan fingerprint density at radius 1 is 1.55 bits per heavy atom. The maximum Gasteiger partial charge on any atom is 0.225 e. The fraction of sp³-hybridized carbons (Fsp3) is 0.533. The van der Waals surface area contributed by atoms with Crippen molar-refractivity contribution in [2.24, 2.45) is 5.92 Å². The van der Waals surface area contributed by atoms with Crippen molar-refractivity contribution >= 4 is 18.3 Å². The van der Waals surface area contributed by atoms with E-state index < -0.39 is 0 Å². The van der Waals surface area contributed by atoms with E-state index in [0.29, 0.717) is 12.5 Å². The second-order valence-electron chi connectivity index (χ2n) is 5.33. The molecule has 1 aromatic rings. The molecule has 0 aromatic heterocycles. The Bertz CT molecular complexity index is 449. The molecule has 1 saturated heterocycles. The van der Waals surface area contributed by atoms with Crippen molar-refractivity contribution in [1.29, 1.82) is 0 Å². The Morgan fingerprint density at radius 2 is 2.30 bits per heavy atom. The molecule has 2 unspecified atom stereocenters. The highest BCUT2D eigenvalue weighted by molar-refractivity contribution is 5.85. The lowest BCUT2D eigenvalue weighted by Crippen LogP contribution is -2.41.